The second kappa shape index (κ2) is 3.85. The Morgan fingerprint density at radius 2 is 1.87 bits per heavy atom. The van der Waals surface area contributed by atoms with Gasteiger partial charge in [0.15, 0.2) is 9.84 Å². The number of halogens is 2. The first-order valence-corrected chi connectivity index (χ1v) is 6.87. The molecule has 0 amide bonds. The van der Waals surface area contributed by atoms with Crippen LogP contribution in [-0.2, 0) is 9.84 Å². The predicted molar refractivity (Wildman–Crippen MR) is 61.6 cm³/mol. The maximum atomic E-state index is 11.8. The van der Waals surface area contributed by atoms with E-state index < -0.39 is 9.84 Å². The van der Waals surface area contributed by atoms with Gasteiger partial charge in [0.05, 0.1) is 26.4 Å². The molecule has 1 N–H and O–H groups in total. The number of rotatable bonds is 0. The van der Waals surface area contributed by atoms with Gasteiger partial charge in [-0.1, -0.05) is 23.2 Å². The molecule has 1 aromatic rings. The molecule has 0 atom stereocenters. The second-order valence-electron chi connectivity index (χ2n) is 3.36. The molecule has 3 nitrogen and oxygen atoms in total. The summed E-state index contributed by atoms with van der Waals surface area (Å²) in [6.07, 6.45) is 0.590. The molecule has 1 heterocycles. The summed E-state index contributed by atoms with van der Waals surface area (Å²) in [4.78, 5) is 0.245. The lowest BCUT2D eigenvalue weighted by Crippen LogP contribution is -2.05. The van der Waals surface area contributed by atoms with Gasteiger partial charge in [0.25, 0.3) is 0 Å². The molecule has 0 bridgehead atoms. The number of hydrogen-bond donors (Lipinski definition) is 1. The first-order valence-electron chi connectivity index (χ1n) is 4.46. The molecule has 15 heavy (non-hydrogen) atoms. The van der Waals surface area contributed by atoms with E-state index >= 15 is 0 Å². The largest absolute Gasteiger partial charge is 0.384 e. The summed E-state index contributed by atoms with van der Waals surface area (Å²) in [7, 11) is -3.22. The fourth-order valence-electron chi connectivity index (χ4n) is 1.52. The number of sulfone groups is 1. The zero-order valence-electron chi connectivity index (χ0n) is 7.76. The summed E-state index contributed by atoms with van der Waals surface area (Å²) in [5.74, 6) is 0.144. The van der Waals surface area contributed by atoms with Gasteiger partial charge < -0.3 is 5.32 Å². The highest BCUT2D eigenvalue weighted by atomic mass is 35.5. The maximum absolute atomic E-state index is 11.8. The average Bonchev–Trinajstić information content (AvgIpc) is 2.29. The summed E-state index contributed by atoms with van der Waals surface area (Å²) in [5.41, 5.74) is 0.543. The number of anilines is 1. The van der Waals surface area contributed by atoms with E-state index in [1.54, 1.807) is 6.07 Å². The SMILES string of the molecule is O=S1(=O)CCCNc2cc(Cl)c(Cl)cc21. The molecule has 0 aromatic heterocycles. The summed E-state index contributed by atoms with van der Waals surface area (Å²) in [6, 6.07) is 2.97. The topological polar surface area (TPSA) is 46.2 Å². The molecular formula is C9H9Cl2NO2S. The van der Waals surface area contributed by atoms with E-state index in [9.17, 15) is 8.42 Å². The normalized spacial score (nSPS) is 18.8. The van der Waals surface area contributed by atoms with Crippen molar-refractivity contribution in [2.75, 3.05) is 17.6 Å². The zero-order valence-corrected chi connectivity index (χ0v) is 10.1. The lowest BCUT2D eigenvalue weighted by molar-refractivity contribution is 0.596. The van der Waals surface area contributed by atoms with Crippen LogP contribution in [0.2, 0.25) is 10.0 Å². The molecule has 0 spiro atoms. The van der Waals surface area contributed by atoms with Gasteiger partial charge >= 0.3 is 0 Å². The van der Waals surface area contributed by atoms with Gasteiger partial charge in [-0.05, 0) is 18.6 Å². The van der Waals surface area contributed by atoms with E-state index in [0.717, 1.165) is 0 Å². The van der Waals surface area contributed by atoms with Crippen LogP contribution < -0.4 is 5.32 Å². The van der Waals surface area contributed by atoms with Crippen molar-refractivity contribution in [3.05, 3.63) is 22.2 Å². The minimum Gasteiger partial charge on any atom is -0.384 e. The average molecular weight is 266 g/mol. The van der Waals surface area contributed by atoms with Crippen LogP contribution in [0.5, 0.6) is 0 Å². The molecule has 2 rings (SSSR count). The number of fused-ring (bicyclic) bond motifs is 1. The van der Waals surface area contributed by atoms with Gasteiger partial charge in [0.1, 0.15) is 0 Å². The maximum Gasteiger partial charge on any atom is 0.180 e. The van der Waals surface area contributed by atoms with Crippen molar-refractivity contribution in [1.82, 2.24) is 0 Å². The van der Waals surface area contributed by atoms with E-state index in [4.69, 9.17) is 23.2 Å². The van der Waals surface area contributed by atoms with Crippen LogP contribution in [-0.4, -0.2) is 20.7 Å². The van der Waals surface area contributed by atoms with E-state index in [1.165, 1.54) is 6.07 Å². The smallest absolute Gasteiger partial charge is 0.180 e. The summed E-state index contributed by atoms with van der Waals surface area (Å²) >= 11 is 11.6. The van der Waals surface area contributed by atoms with E-state index in [2.05, 4.69) is 5.32 Å². The van der Waals surface area contributed by atoms with Crippen LogP contribution in [0.4, 0.5) is 5.69 Å². The van der Waals surface area contributed by atoms with E-state index in [0.29, 0.717) is 23.7 Å². The van der Waals surface area contributed by atoms with Crippen LogP contribution in [0.15, 0.2) is 17.0 Å². The lowest BCUT2D eigenvalue weighted by Gasteiger charge is -2.08. The summed E-state index contributed by atoms with van der Waals surface area (Å²) < 4.78 is 23.6. The Hall–Kier alpha value is -0.450. The lowest BCUT2D eigenvalue weighted by atomic mass is 10.3. The van der Waals surface area contributed by atoms with E-state index in [-0.39, 0.29) is 15.7 Å². The molecule has 0 aliphatic carbocycles. The van der Waals surface area contributed by atoms with Crippen LogP contribution in [0.1, 0.15) is 6.42 Å². The molecule has 1 aliphatic rings. The molecule has 0 saturated carbocycles. The highest BCUT2D eigenvalue weighted by Gasteiger charge is 2.22. The molecular weight excluding hydrogens is 257 g/mol. The molecule has 6 heteroatoms. The quantitative estimate of drug-likeness (QED) is 0.785. The van der Waals surface area contributed by atoms with E-state index in [1.807, 2.05) is 0 Å². The Morgan fingerprint density at radius 1 is 1.20 bits per heavy atom. The zero-order chi connectivity index (χ0) is 11.1. The van der Waals surface area contributed by atoms with Crippen LogP contribution in [0.25, 0.3) is 0 Å². The van der Waals surface area contributed by atoms with Crippen molar-refractivity contribution in [1.29, 1.82) is 0 Å². The van der Waals surface area contributed by atoms with Crippen LogP contribution in [0.3, 0.4) is 0 Å². The van der Waals surface area contributed by atoms with Crippen molar-refractivity contribution in [3.63, 3.8) is 0 Å². The van der Waals surface area contributed by atoms with Gasteiger partial charge in [0, 0.05) is 6.54 Å². The van der Waals surface area contributed by atoms with Crippen molar-refractivity contribution in [2.24, 2.45) is 0 Å². The Bertz CT molecular complexity index is 499. The Kier molecular flexibility index (Phi) is 2.83. The Balaban J connectivity index is 2.68. The van der Waals surface area contributed by atoms with Gasteiger partial charge in [-0.2, -0.15) is 0 Å². The van der Waals surface area contributed by atoms with Crippen LogP contribution in [0, 0.1) is 0 Å². The van der Waals surface area contributed by atoms with Crippen molar-refractivity contribution >= 4 is 38.7 Å². The molecule has 0 fully saturated rings. The number of nitrogens with one attached hydrogen (secondary N) is 1. The minimum absolute atomic E-state index is 0.144. The third kappa shape index (κ3) is 2.07. The van der Waals surface area contributed by atoms with Crippen molar-refractivity contribution in [3.8, 4) is 0 Å². The molecule has 0 unspecified atom stereocenters. The monoisotopic (exact) mass is 265 g/mol. The van der Waals surface area contributed by atoms with Crippen LogP contribution >= 0.6 is 23.2 Å². The third-order valence-electron chi connectivity index (χ3n) is 2.26. The summed E-state index contributed by atoms with van der Waals surface area (Å²) in [6.45, 7) is 0.629. The van der Waals surface area contributed by atoms with Crippen molar-refractivity contribution < 1.29 is 8.42 Å². The molecule has 0 saturated heterocycles. The molecule has 0 radical (unpaired) electrons. The predicted octanol–water partition coefficient (Wildman–Crippen LogP) is 2.58. The van der Waals surface area contributed by atoms with Gasteiger partial charge in [-0.15, -0.1) is 0 Å². The minimum atomic E-state index is -3.22. The summed E-state index contributed by atoms with van der Waals surface area (Å²) in [5, 5.41) is 3.65. The molecule has 82 valence electrons. The first kappa shape index (κ1) is 11.0. The Morgan fingerprint density at radius 3 is 2.60 bits per heavy atom. The molecule has 1 aromatic carbocycles. The van der Waals surface area contributed by atoms with Crippen molar-refractivity contribution in [2.45, 2.75) is 11.3 Å². The van der Waals surface area contributed by atoms with Gasteiger partial charge in [0.2, 0.25) is 0 Å². The molecule has 1 aliphatic heterocycles. The third-order valence-corrected chi connectivity index (χ3v) is 4.82. The highest BCUT2D eigenvalue weighted by Crippen LogP contribution is 2.33. The first-order chi connectivity index (χ1) is 7.00. The van der Waals surface area contributed by atoms with Gasteiger partial charge in [-0.3, -0.25) is 0 Å². The fraction of sp³-hybridized carbons (Fsp3) is 0.333. The Labute approximate surface area is 98.3 Å². The standard InChI is InChI=1S/C9H9Cl2NO2S/c10-6-4-8-9(5-7(6)11)15(13,14)3-1-2-12-8/h4-5,12H,1-3H2. The van der Waals surface area contributed by atoms with Gasteiger partial charge in [-0.25, -0.2) is 8.42 Å². The number of hydrogen-bond acceptors (Lipinski definition) is 3. The highest BCUT2D eigenvalue weighted by molar-refractivity contribution is 7.91. The fourth-order valence-corrected chi connectivity index (χ4v) is 3.42. The second-order valence-corrected chi connectivity index (χ2v) is 6.25. The number of benzene rings is 1.